The zero-order valence-corrected chi connectivity index (χ0v) is 14.7. The molecule has 1 fully saturated rings. The fraction of sp³-hybridized carbons (Fsp3) is 0.312. The molecule has 0 spiro atoms. The van der Waals surface area contributed by atoms with E-state index in [0.29, 0.717) is 29.3 Å². The van der Waals surface area contributed by atoms with Gasteiger partial charge in [0.05, 0.1) is 17.8 Å². The number of nitrogen functional groups attached to an aromatic ring is 1. The van der Waals surface area contributed by atoms with Gasteiger partial charge in [-0.25, -0.2) is 9.18 Å². The molecule has 0 radical (unpaired) electrons. The van der Waals surface area contributed by atoms with Crippen LogP contribution in [0.4, 0.5) is 19.9 Å². The summed E-state index contributed by atoms with van der Waals surface area (Å²) in [4.78, 5) is 24.5. The van der Waals surface area contributed by atoms with Crippen molar-refractivity contribution in [3.8, 4) is 5.75 Å². The number of aryl methyl sites for hydroxylation is 1. The van der Waals surface area contributed by atoms with Gasteiger partial charge in [0.25, 0.3) is 5.91 Å². The molecule has 2 amide bonds. The molecule has 1 saturated heterocycles. The molecule has 2 heterocycles. The maximum atomic E-state index is 14.0. The number of amides is 2. The third-order valence-corrected chi connectivity index (χ3v) is 4.78. The van der Waals surface area contributed by atoms with Gasteiger partial charge in [0.2, 0.25) is 0 Å². The molecule has 1 aromatic heterocycles. The van der Waals surface area contributed by atoms with Crippen LogP contribution in [0.25, 0.3) is 0 Å². The Morgan fingerprint density at radius 1 is 1.50 bits per heavy atom. The number of rotatable bonds is 4. The zero-order valence-electron chi connectivity index (χ0n) is 13.9. The highest BCUT2D eigenvalue weighted by Crippen LogP contribution is 2.27. The van der Waals surface area contributed by atoms with Crippen molar-refractivity contribution in [2.24, 2.45) is 0 Å². The minimum absolute atomic E-state index is 0.0480. The topological polar surface area (TPSA) is 118 Å². The fourth-order valence-corrected chi connectivity index (χ4v) is 3.36. The van der Waals surface area contributed by atoms with Gasteiger partial charge < -0.3 is 25.8 Å². The van der Waals surface area contributed by atoms with E-state index in [-0.39, 0.29) is 17.9 Å². The van der Waals surface area contributed by atoms with Crippen LogP contribution in [0.2, 0.25) is 0 Å². The highest BCUT2D eigenvalue weighted by molar-refractivity contribution is 7.10. The van der Waals surface area contributed by atoms with E-state index in [4.69, 9.17) is 15.6 Å². The first kappa shape index (κ1) is 17.9. The second-order valence-corrected chi connectivity index (χ2v) is 6.67. The average Bonchev–Trinajstić information content (AvgIpc) is 3.17. The van der Waals surface area contributed by atoms with E-state index in [2.05, 4.69) is 9.69 Å². The average molecular weight is 380 g/mol. The Bertz CT molecular complexity index is 837. The first-order chi connectivity index (χ1) is 12.3. The van der Waals surface area contributed by atoms with Crippen LogP contribution in [0.5, 0.6) is 5.75 Å². The molecule has 0 unspecified atom stereocenters. The summed E-state index contributed by atoms with van der Waals surface area (Å²) in [5, 5.41) is 11.9. The Morgan fingerprint density at radius 2 is 2.27 bits per heavy atom. The second kappa shape index (κ2) is 7.16. The van der Waals surface area contributed by atoms with E-state index in [1.54, 1.807) is 6.92 Å². The van der Waals surface area contributed by atoms with Gasteiger partial charge in [-0.3, -0.25) is 4.79 Å². The molecule has 4 N–H and O–H groups in total. The normalized spacial score (nSPS) is 16.5. The molecule has 1 aliphatic heterocycles. The van der Waals surface area contributed by atoms with Gasteiger partial charge >= 0.3 is 6.09 Å². The summed E-state index contributed by atoms with van der Waals surface area (Å²) in [5.74, 6) is -1.08. The summed E-state index contributed by atoms with van der Waals surface area (Å²) in [5.41, 5.74) is 6.90. The number of likely N-dealkylation sites (tertiary alicyclic amines) is 1. The van der Waals surface area contributed by atoms with Crippen LogP contribution in [0.3, 0.4) is 0 Å². The summed E-state index contributed by atoms with van der Waals surface area (Å²) in [6.45, 7) is 2.18. The molecule has 0 bridgehead atoms. The number of benzene rings is 1. The minimum Gasteiger partial charge on any atom is -0.485 e. The van der Waals surface area contributed by atoms with Crippen molar-refractivity contribution >= 4 is 34.2 Å². The zero-order chi connectivity index (χ0) is 18.8. The van der Waals surface area contributed by atoms with Crippen molar-refractivity contribution in [3.63, 3.8) is 0 Å². The number of aromatic nitrogens is 1. The molecular weight excluding hydrogens is 363 g/mol. The van der Waals surface area contributed by atoms with Gasteiger partial charge in [-0.15, -0.1) is 0 Å². The molecule has 2 aromatic rings. The fourth-order valence-electron chi connectivity index (χ4n) is 2.71. The van der Waals surface area contributed by atoms with Gasteiger partial charge in [-0.05, 0) is 30.6 Å². The van der Waals surface area contributed by atoms with Crippen LogP contribution in [0.1, 0.15) is 22.5 Å². The number of hydrogen-bond donors (Lipinski definition) is 3. The molecule has 26 heavy (non-hydrogen) atoms. The van der Waals surface area contributed by atoms with Crippen LogP contribution in [-0.2, 0) is 0 Å². The smallest absolute Gasteiger partial charge is 0.407 e. The molecule has 3 rings (SSSR count). The molecule has 8 nitrogen and oxygen atoms in total. The molecule has 1 atom stereocenters. The first-order valence-corrected chi connectivity index (χ1v) is 8.59. The number of carbonyl (C=O) groups is 2. The Hall–Kier alpha value is -2.88. The number of anilines is 2. The van der Waals surface area contributed by atoms with E-state index in [1.165, 1.54) is 23.1 Å². The van der Waals surface area contributed by atoms with Crippen molar-refractivity contribution < 1.29 is 23.8 Å². The molecule has 0 saturated carbocycles. The van der Waals surface area contributed by atoms with Crippen LogP contribution in [0, 0.1) is 12.7 Å². The van der Waals surface area contributed by atoms with Crippen LogP contribution in [-0.4, -0.2) is 45.6 Å². The predicted octanol–water partition coefficient (Wildman–Crippen LogP) is 2.56. The van der Waals surface area contributed by atoms with Crippen LogP contribution >= 0.6 is 11.5 Å². The van der Waals surface area contributed by atoms with Gasteiger partial charge in [-0.2, -0.15) is 4.37 Å². The first-order valence-electron chi connectivity index (χ1n) is 7.82. The monoisotopic (exact) mass is 380 g/mol. The van der Waals surface area contributed by atoms with Crippen LogP contribution in [0.15, 0.2) is 18.2 Å². The molecule has 1 aromatic carbocycles. The van der Waals surface area contributed by atoms with Crippen molar-refractivity contribution in [2.75, 3.05) is 24.1 Å². The van der Waals surface area contributed by atoms with E-state index >= 15 is 0 Å². The number of nitrogens with zero attached hydrogens (tertiary/aromatic N) is 2. The number of hydrogen-bond acceptors (Lipinski definition) is 6. The van der Waals surface area contributed by atoms with E-state index in [0.717, 1.165) is 11.5 Å². The van der Waals surface area contributed by atoms with E-state index in [9.17, 15) is 14.0 Å². The summed E-state index contributed by atoms with van der Waals surface area (Å²) < 4.78 is 23.6. The maximum Gasteiger partial charge on any atom is 0.407 e. The SMILES string of the molecule is Cc1nsc(N)c1C(=O)Nc1ccc(F)c(O[C@H]2CCN(C(=O)O)C2)c1. The van der Waals surface area contributed by atoms with Crippen molar-refractivity contribution in [1.29, 1.82) is 0 Å². The Kier molecular flexibility index (Phi) is 4.94. The van der Waals surface area contributed by atoms with E-state index < -0.39 is 23.9 Å². The summed E-state index contributed by atoms with van der Waals surface area (Å²) in [6.07, 6.45) is -1.00. The number of nitrogens with one attached hydrogen (secondary N) is 1. The van der Waals surface area contributed by atoms with Crippen molar-refractivity contribution in [3.05, 3.63) is 35.3 Å². The molecule has 1 aliphatic rings. The highest BCUT2D eigenvalue weighted by atomic mass is 32.1. The lowest BCUT2D eigenvalue weighted by Crippen LogP contribution is -2.29. The molecular formula is C16H17FN4O4S. The lowest BCUT2D eigenvalue weighted by Gasteiger charge is -2.16. The lowest BCUT2D eigenvalue weighted by molar-refractivity contribution is 0.102. The van der Waals surface area contributed by atoms with Gasteiger partial charge in [0, 0.05) is 24.7 Å². The van der Waals surface area contributed by atoms with Crippen molar-refractivity contribution in [2.45, 2.75) is 19.4 Å². The lowest BCUT2D eigenvalue weighted by atomic mass is 10.2. The van der Waals surface area contributed by atoms with Gasteiger partial charge in [0.1, 0.15) is 11.1 Å². The number of nitrogens with two attached hydrogens (primary N) is 1. The Labute approximate surface area is 152 Å². The van der Waals surface area contributed by atoms with Crippen molar-refractivity contribution in [1.82, 2.24) is 9.27 Å². The standard InChI is InChI=1S/C16H17FN4O4S/c1-8-13(14(18)26-20-8)15(22)19-9-2-3-11(17)12(6-9)25-10-4-5-21(7-10)16(23)24/h2-3,6,10H,4-5,7,18H2,1H3,(H,19,22)(H,23,24)/t10-/m0/s1. The second-order valence-electron chi connectivity index (χ2n) is 5.86. The van der Waals surface area contributed by atoms with Gasteiger partial charge in [0.15, 0.2) is 11.6 Å². The predicted molar refractivity (Wildman–Crippen MR) is 94.2 cm³/mol. The van der Waals surface area contributed by atoms with Crippen LogP contribution < -0.4 is 15.8 Å². The summed E-state index contributed by atoms with van der Waals surface area (Å²) >= 11 is 1.03. The third-order valence-electron chi connectivity index (χ3n) is 4.01. The molecule has 10 heteroatoms. The number of carboxylic acid groups (broad SMARTS) is 1. The minimum atomic E-state index is -1.03. The quantitative estimate of drug-likeness (QED) is 0.750. The summed E-state index contributed by atoms with van der Waals surface area (Å²) in [6, 6.07) is 3.95. The molecule has 138 valence electrons. The number of ether oxygens (including phenoxy) is 1. The third kappa shape index (κ3) is 3.69. The maximum absolute atomic E-state index is 14.0. The Balaban J connectivity index is 1.72. The molecule has 0 aliphatic carbocycles. The number of halogens is 1. The number of carbonyl (C=O) groups excluding carboxylic acids is 1. The Morgan fingerprint density at radius 3 is 2.88 bits per heavy atom. The highest BCUT2D eigenvalue weighted by Gasteiger charge is 2.28. The van der Waals surface area contributed by atoms with E-state index in [1.807, 2.05) is 0 Å². The summed E-state index contributed by atoms with van der Waals surface area (Å²) in [7, 11) is 0. The van der Waals surface area contributed by atoms with Gasteiger partial charge in [-0.1, -0.05) is 0 Å². The largest absolute Gasteiger partial charge is 0.485 e.